The Morgan fingerprint density at radius 3 is 1.91 bits per heavy atom. The molecule has 0 radical (unpaired) electrons. The van der Waals surface area contributed by atoms with E-state index in [9.17, 15) is 4.79 Å². The van der Waals surface area contributed by atoms with Crippen LogP contribution in [-0.2, 0) is 0 Å². The van der Waals surface area contributed by atoms with Crippen LogP contribution in [0.3, 0.4) is 0 Å². The van der Waals surface area contributed by atoms with Crippen LogP contribution in [0.15, 0.2) is 12.3 Å². The van der Waals surface area contributed by atoms with Gasteiger partial charge in [0.1, 0.15) is 0 Å². The van der Waals surface area contributed by atoms with Crippen molar-refractivity contribution in [3.8, 4) is 0 Å². The van der Waals surface area contributed by atoms with E-state index in [1.807, 2.05) is 6.20 Å². The summed E-state index contributed by atoms with van der Waals surface area (Å²) in [7, 11) is 0. The van der Waals surface area contributed by atoms with Crippen molar-refractivity contribution in [1.82, 2.24) is 4.98 Å². The van der Waals surface area contributed by atoms with E-state index in [1.54, 1.807) is 6.07 Å². The number of pyridine rings is 1. The zero-order chi connectivity index (χ0) is 17.3. The average molecular weight is 425 g/mol. The zero-order valence-electron chi connectivity index (χ0n) is 15.5. The molecule has 1 amide bonds. The van der Waals surface area contributed by atoms with Crippen molar-refractivity contribution < 1.29 is 4.79 Å². The topological polar surface area (TPSA) is 56.0 Å². The first-order valence-corrected chi connectivity index (χ1v) is 16.8. The molecule has 2 N–H and O–H groups in total. The number of nitrogens with zero attached hydrogens (tertiary/aromatic N) is 1. The van der Waals surface area contributed by atoms with Crippen molar-refractivity contribution in [2.45, 2.75) is 79.5 Å². The number of hydrogen-bond acceptors (Lipinski definition) is 2. The van der Waals surface area contributed by atoms with E-state index in [0.717, 1.165) is 5.56 Å². The summed E-state index contributed by atoms with van der Waals surface area (Å²) in [6, 6.07) is 1.79. The maximum atomic E-state index is 11.8. The van der Waals surface area contributed by atoms with Gasteiger partial charge in [0, 0.05) is 0 Å². The minimum atomic E-state index is -2.58. The van der Waals surface area contributed by atoms with Gasteiger partial charge in [-0.25, -0.2) is 0 Å². The Bertz CT molecular complexity index is 480. The van der Waals surface area contributed by atoms with E-state index in [0.29, 0.717) is 5.56 Å². The van der Waals surface area contributed by atoms with Crippen molar-refractivity contribution >= 4 is 28.0 Å². The van der Waals surface area contributed by atoms with Gasteiger partial charge >= 0.3 is 146 Å². The summed E-state index contributed by atoms with van der Waals surface area (Å²) in [5, 5.41) is 0. The van der Waals surface area contributed by atoms with E-state index in [1.165, 1.54) is 55.5 Å². The molecule has 1 aromatic rings. The van der Waals surface area contributed by atoms with Crippen LogP contribution < -0.4 is 9.44 Å². The Kier molecular flexibility index (Phi) is 9.18. The summed E-state index contributed by atoms with van der Waals surface area (Å²) in [6.07, 6.45) is 9.43. The van der Waals surface area contributed by atoms with E-state index in [-0.39, 0.29) is 5.91 Å². The predicted octanol–water partition coefficient (Wildman–Crippen LogP) is 4.55. The molecule has 0 saturated heterocycles. The van der Waals surface area contributed by atoms with Crippen molar-refractivity contribution in [2.75, 3.05) is 0 Å². The van der Waals surface area contributed by atoms with Crippen molar-refractivity contribution in [3.63, 3.8) is 0 Å². The molecule has 3 nitrogen and oxygen atoms in total. The van der Waals surface area contributed by atoms with E-state index in [2.05, 4.69) is 27.7 Å². The standard InChI is InChI=1S/C7H7N2O.3C4H9.Sn/c1-5-4-9-3-2-6(5)7(8)10;3*1-3-4-2;/h2-3H,1H3,(H2,8,10);3*1,3-4H2,2H3;. The first-order valence-electron chi connectivity index (χ1n) is 9.28. The van der Waals surface area contributed by atoms with Gasteiger partial charge in [0.2, 0.25) is 0 Å². The molecule has 0 bridgehead atoms. The van der Waals surface area contributed by atoms with Crippen LogP contribution in [0.1, 0.15) is 75.2 Å². The normalized spacial score (nSPS) is 11.7. The fourth-order valence-electron chi connectivity index (χ4n) is 3.61. The zero-order valence-corrected chi connectivity index (χ0v) is 18.3. The second-order valence-electron chi connectivity index (χ2n) is 6.79. The summed E-state index contributed by atoms with van der Waals surface area (Å²) >= 11 is -2.58. The molecule has 1 aromatic heterocycles. The molecule has 0 aliphatic heterocycles. The van der Waals surface area contributed by atoms with Gasteiger partial charge in [-0.3, -0.25) is 0 Å². The molecule has 0 fully saturated rings. The Hall–Kier alpha value is -0.581. The third-order valence-electron chi connectivity index (χ3n) is 5.00. The molecular weight excluding hydrogens is 391 g/mol. The number of carbonyl (C=O) groups excluding carboxylic acids is 1. The second kappa shape index (κ2) is 10.3. The quantitative estimate of drug-likeness (QED) is 0.530. The Morgan fingerprint density at radius 1 is 1.04 bits per heavy atom. The molecule has 1 heterocycles. The van der Waals surface area contributed by atoms with Crippen molar-refractivity contribution in [2.24, 2.45) is 5.73 Å². The Balaban J connectivity index is 3.34. The number of amides is 1. The molecule has 1 rings (SSSR count). The van der Waals surface area contributed by atoms with Crippen LogP contribution in [0.25, 0.3) is 0 Å². The van der Waals surface area contributed by atoms with Crippen LogP contribution in [-0.4, -0.2) is 29.3 Å². The first-order chi connectivity index (χ1) is 11.0. The summed E-state index contributed by atoms with van der Waals surface area (Å²) in [4.78, 5) is 16.6. The Labute approximate surface area is 146 Å². The van der Waals surface area contributed by atoms with Gasteiger partial charge in [0.25, 0.3) is 0 Å². The number of carbonyl (C=O) groups is 1. The summed E-state index contributed by atoms with van der Waals surface area (Å²) in [5.74, 6) is -0.312. The number of unbranched alkanes of at least 4 members (excludes halogenated alkanes) is 3. The van der Waals surface area contributed by atoms with Gasteiger partial charge in [-0.1, -0.05) is 0 Å². The third kappa shape index (κ3) is 5.47. The van der Waals surface area contributed by atoms with Gasteiger partial charge in [-0.05, 0) is 0 Å². The molecule has 0 aliphatic rings. The molecule has 0 saturated carbocycles. The second-order valence-corrected chi connectivity index (χ2v) is 19.7. The molecule has 0 aliphatic carbocycles. The maximum absolute atomic E-state index is 11.8. The molecular formula is C19H34N2OSn. The predicted molar refractivity (Wildman–Crippen MR) is 102 cm³/mol. The molecule has 0 spiro atoms. The van der Waals surface area contributed by atoms with Crippen LogP contribution in [0.2, 0.25) is 13.3 Å². The van der Waals surface area contributed by atoms with E-state index < -0.39 is 18.4 Å². The SMILES string of the molecule is CCC[CH2][Sn]([CH2]CCC)([CH2]CCC)[c]1nccc(C(N)=O)c1C. The van der Waals surface area contributed by atoms with E-state index in [4.69, 9.17) is 10.7 Å². The van der Waals surface area contributed by atoms with Crippen LogP contribution >= 0.6 is 0 Å². The molecule has 23 heavy (non-hydrogen) atoms. The third-order valence-corrected chi connectivity index (χ3v) is 20.5. The fourth-order valence-corrected chi connectivity index (χ4v) is 20.3. The van der Waals surface area contributed by atoms with Gasteiger partial charge in [0.05, 0.1) is 0 Å². The van der Waals surface area contributed by atoms with E-state index >= 15 is 0 Å². The first kappa shape index (κ1) is 20.5. The minimum absolute atomic E-state index is 0.312. The number of hydrogen-bond donors (Lipinski definition) is 1. The molecule has 0 aromatic carbocycles. The van der Waals surface area contributed by atoms with Crippen LogP contribution in [0.4, 0.5) is 0 Å². The molecule has 130 valence electrons. The number of primary amides is 1. The van der Waals surface area contributed by atoms with Gasteiger partial charge in [0.15, 0.2) is 0 Å². The number of rotatable bonds is 11. The van der Waals surface area contributed by atoms with Gasteiger partial charge < -0.3 is 0 Å². The number of nitrogens with two attached hydrogens (primary N) is 1. The number of aromatic nitrogens is 1. The van der Waals surface area contributed by atoms with Crippen LogP contribution in [0, 0.1) is 6.92 Å². The monoisotopic (exact) mass is 426 g/mol. The summed E-state index contributed by atoms with van der Waals surface area (Å²) in [5.41, 5.74) is 7.35. The molecule has 4 heteroatoms. The molecule has 0 atom stereocenters. The van der Waals surface area contributed by atoms with Gasteiger partial charge in [-0.2, -0.15) is 0 Å². The van der Waals surface area contributed by atoms with Crippen LogP contribution in [0.5, 0.6) is 0 Å². The van der Waals surface area contributed by atoms with Crippen molar-refractivity contribution in [3.05, 3.63) is 23.4 Å². The van der Waals surface area contributed by atoms with Gasteiger partial charge in [-0.15, -0.1) is 0 Å². The molecule has 0 unspecified atom stereocenters. The average Bonchev–Trinajstić information content (AvgIpc) is 2.55. The summed E-state index contributed by atoms with van der Waals surface area (Å²) in [6.45, 7) is 8.89. The summed E-state index contributed by atoms with van der Waals surface area (Å²) < 4.78 is 5.41. The van der Waals surface area contributed by atoms with Crippen molar-refractivity contribution in [1.29, 1.82) is 0 Å². The Morgan fingerprint density at radius 2 is 1.52 bits per heavy atom. The fraction of sp³-hybridized carbons (Fsp3) is 0.684.